The summed E-state index contributed by atoms with van der Waals surface area (Å²) in [5.74, 6) is -0.945. The van der Waals surface area contributed by atoms with Crippen molar-refractivity contribution < 1.29 is 9.90 Å². The first-order valence-electron chi connectivity index (χ1n) is 9.46. The number of carbonyl (C=O) groups is 1. The number of rotatable bonds is 7. The second kappa shape index (κ2) is 9.52. The molecule has 0 saturated heterocycles. The van der Waals surface area contributed by atoms with E-state index in [2.05, 4.69) is 35.0 Å². The molecule has 3 aromatic rings. The Balaban J connectivity index is 1.85. The van der Waals surface area contributed by atoms with Crippen molar-refractivity contribution in [3.8, 4) is 0 Å². The van der Waals surface area contributed by atoms with E-state index in [0.717, 1.165) is 27.7 Å². The summed E-state index contributed by atoms with van der Waals surface area (Å²) >= 11 is 3.56. The van der Waals surface area contributed by atoms with Gasteiger partial charge in [-0.1, -0.05) is 49.4 Å². The summed E-state index contributed by atoms with van der Waals surface area (Å²) in [5, 5.41) is 9.01. The van der Waals surface area contributed by atoms with Crippen molar-refractivity contribution in [3.63, 3.8) is 0 Å². The quantitative estimate of drug-likeness (QED) is 0.531. The molecule has 3 rings (SSSR count). The van der Waals surface area contributed by atoms with E-state index in [4.69, 9.17) is 5.11 Å². The molecule has 0 fully saturated rings. The van der Waals surface area contributed by atoms with Crippen LogP contribution in [0.1, 0.15) is 39.7 Å². The predicted molar refractivity (Wildman–Crippen MR) is 120 cm³/mol. The number of hydrogen-bond acceptors (Lipinski definition) is 2. The molecule has 29 heavy (non-hydrogen) atoms. The number of benzene rings is 2. The number of carboxylic acid groups (broad SMARTS) is 1. The molecule has 0 radical (unpaired) electrons. The third-order valence-electron chi connectivity index (χ3n) is 4.79. The van der Waals surface area contributed by atoms with Gasteiger partial charge < -0.3 is 9.67 Å². The third kappa shape index (κ3) is 5.33. The van der Waals surface area contributed by atoms with Crippen LogP contribution < -0.4 is 5.56 Å². The van der Waals surface area contributed by atoms with Crippen LogP contribution in [0.4, 0.5) is 0 Å². The van der Waals surface area contributed by atoms with Gasteiger partial charge in [-0.2, -0.15) is 0 Å². The van der Waals surface area contributed by atoms with Gasteiger partial charge in [0.25, 0.3) is 5.56 Å². The van der Waals surface area contributed by atoms with Crippen molar-refractivity contribution >= 4 is 34.1 Å². The maximum absolute atomic E-state index is 12.5. The highest BCUT2D eigenvalue weighted by Crippen LogP contribution is 2.19. The lowest BCUT2D eigenvalue weighted by molar-refractivity contribution is 0.0697. The van der Waals surface area contributed by atoms with Gasteiger partial charge in [-0.25, -0.2) is 4.79 Å². The summed E-state index contributed by atoms with van der Waals surface area (Å²) in [7, 11) is 0. The molecule has 4 nitrogen and oxygen atoms in total. The Morgan fingerprint density at radius 3 is 2.48 bits per heavy atom. The first-order chi connectivity index (χ1) is 14.0. The first-order valence-corrected chi connectivity index (χ1v) is 10.3. The van der Waals surface area contributed by atoms with Crippen LogP contribution in [-0.2, 0) is 19.4 Å². The average Bonchev–Trinajstić information content (AvgIpc) is 2.73. The fourth-order valence-corrected chi connectivity index (χ4v) is 3.59. The molecule has 0 amide bonds. The lowest BCUT2D eigenvalue weighted by Gasteiger charge is -2.12. The molecule has 1 aromatic heterocycles. The molecule has 5 heteroatoms. The normalized spacial score (nSPS) is 11.1. The molecular weight excluding hydrogens is 430 g/mol. The number of aryl methyl sites for hydroxylation is 2. The number of aromatic nitrogens is 1. The summed E-state index contributed by atoms with van der Waals surface area (Å²) in [4.78, 5) is 23.5. The Labute approximate surface area is 178 Å². The van der Waals surface area contributed by atoms with Crippen LogP contribution in [0.2, 0.25) is 0 Å². The van der Waals surface area contributed by atoms with Crippen LogP contribution >= 0.6 is 15.9 Å². The van der Waals surface area contributed by atoms with Crippen molar-refractivity contribution in [2.24, 2.45) is 0 Å². The van der Waals surface area contributed by atoms with E-state index >= 15 is 0 Å². The van der Waals surface area contributed by atoms with Crippen LogP contribution in [0.15, 0.2) is 69.9 Å². The smallest absolute Gasteiger partial charge is 0.335 e. The van der Waals surface area contributed by atoms with Gasteiger partial charge in [-0.15, -0.1) is 0 Å². The van der Waals surface area contributed by atoms with E-state index in [9.17, 15) is 9.59 Å². The fraction of sp³-hybridized carbons (Fsp3) is 0.167. The van der Waals surface area contributed by atoms with Gasteiger partial charge in [0.15, 0.2) is 0 Å². The summed E-state index contributed by atoms with van der Waals surface area (Å²) in [6.45, 7) is 2.62. The average molecular weight is 452 g/mol. The van der Waals surface area contributed by atoms with Crippen LogP contribution in [0.25, 0.3) is 12.2 Å². The van der Waals surface area contributed by atoms with E-state index in [1.807, 2.05) is 24.3 Å². The monoisotopic (exact) mass is 451 g/mol. The SMILES string of the molecule is CCc1cccc(/C=C/c2c(Br)ccc(=O)n2CCc2ccc(C(=O)O)cc2)c1. The highest BCUT2D eigenvalue weighted by molar-refractivity contribution is 9.10. The molecule has 0 unspecified atom stereocenters. The van der Waals surface area contributed by atoms with Crippen LogP contribution in [0, 0.1) is 0 Å². The number of carboxylic acids is 1. The second-order valence-electron chi connectivity index (χ2n) is 6.74. The van der Waals surface area contributed by atoms with Gasteiger partial charge in [0.1, 0.15) is 0 Å². The molecule has 0 bridgehead atoms. The van der Waals surface area contributed by atoms with E-state index in [0.29, 0.717) is 13.0 Å². The van der Waals surface area contributed by atoms with Gasteiger partial charge in [-0.05, 0) is 69.7 Å². The lowest BCUT2D eigenvalue weighted by atomic mass is 10.1. The maximum Gasteiger partial charge on any atom is 0.335 e. The zero-order valence-electron chi connectivity index (χ0n) is 16.1. The van der Waals surface area contributed by atoms with Crippen LogP contribution in [0.5, 0.6) is 0 Å². The van der Waals surface area contributed by atoms with Crippen LogP contribution in [0.3, 0.4) is 0 Å². The molecule has 0 atom stereocenters. The fourth-order valence-electron chi connectivity index (χ4n) is 3.11. The maximum atomic E-state index is 12.5. The topological polar surface area (TPSA) is 59.3 Å². The Hall–Kier alpha value is -2.92. The predicted octanol–water partition coefficient (Wildman–Crippen LogP) is 5.28. The summed E-state index contributed by atoms with van der Waals surface area (Å²) in [5.41, 5.74) is 4.32. The van der Waals surface area contributed by atoms with Crippen molar-refractivity contribution in [2.75, 3.05) is 0 Å². The number of halogens is 1. The minimum Gasteiger partial charge on any atom is -0.478 e. The summed E-state index contributed by atoms with van der Waals surface area (Å²) < 4.78 is 2.58. The molecule has 1 heterocycles. The van der Waals surface area contributed by atoms with Crippen molar-refractivity contribution in [2.45, 2.75) is 26.3 Å². The highest BCUT2D eigenvalue weighted by atomic mass is 79.9. The molecule has 0 spiro atoms. The number of hydrogen-bond donors (Lipinski definition) is 1. The van der Waals surface area contributed by atoms with E-state index in [-0.39, 0.29) is 11.1 Å². The van der Waals surface area contributed by atoms with Gasteiger partial charge in [0, 0.05) is 17.1 Å². The molecule has 0 aliphatic carbocycles. The Bertz CT molecular complexity index is 1100. The van der Waals surface area contributed by atoms with Gasteiger partial charge in [0.05, 0.1) is 11.3 Å². The Morgan fingerprint density at radius 1 is 1.03 bits per heavy atom. The molecule has 0 saturated carbocycles. The van der Waals surface area contributed by atoms with Crippen LogP contribution in [-0.4, -0.2) is 15.6 Å². The van der Waals surface area contributed by atoms with E-state index in [1.165, 1.54) is 5.56 Å². The van der Waals surface area contributed by atoms with Crippen molar-refractivity contribution in [1.82, 2.24) is 4.57 Å². The molecule has 1 N–H and O–H groups in total. The second-order valence-corrected chi connectivity index (χ2v) is 7.59. The first kappa shape index (κ1) is 20.8. The summed E-state index contributed by atoms with van der Waals surface area (Å²) in [6.07, 6.45) is 5.56. The highest BCUT2D eigenvalue weighted by Gasteiger charge is 2.07. The Morgan fingerprint density at radius 2 is 1.79 bits per heavy atom. The molecule has 2 aromatic carbocycles. The number of nitrogens with zero attached hydrogens (tertiary/aromatic N) is 1. The standard InChI is InChI=1S/C24H22BrNO3/c1-2-17-4-3-5-19(16-17)8-12-22-21(25)11-13-23(27)26(22)15-14-18-6-9-20(10-7-18)24(28)29/h3-13,16H,2,14-15H2,1H3,(H,28,29)/b12-8+. The van der Waals surface area contributed by atoms with Gasteiger partial charge in [0.2, 0.25) is 0 Å². The molecule has 0 aliphatic heterocycles. The molecule has 148 valence electrons. The number of aromatic carboxylic acids is 1. The van der Waals surface area contributed by atoms with E-state index in [1.54, 1.807) is 41.0 Å². The van der Waals surface area contributed by atoms with Gasteiger partial charge in [-0.3, -0.25) is 4.79 Å². The minimum absolute atomic E-state index is 0.0719. The summed E-state index contributed by atoms with van der Waals surface area (Å²) in [6, 6.07) is 18.4. The lowest BCUT2D eigenvalue weighted by Crippen LogP contribution is -2.22. The Kier molecular flexibility index (Phi) is 6.83. The molecule has 0 aliphatic rings. The third-order valence-corrected chi connectivity index (χ3v) is 5.46. The largest absolute Gasteiger partial charge is 0.478 e. The number of pyridine rings is 1. The minimum atomic E-state index is -0.945. The van der Waals surface area contributed by atoms with Gasteiger partial charge >= 0.3 is 5.97 Å². The zero-order valence-corrected chi connectivity index (χ0v) is 17.7. The zero-order chi connectivity index (χ0) is 20.8. The van der Waals surface area contributed by atoms with Crippen molar-refractivity contribution in [1.29, 1.82) is 0 Å². The van der Waals surface area contributed by atoms with Crippen molar-refractivity contribution in [3.05, 3.63) is 103 Å². The molecular formula is C24H22BrNO3. The van der Waals surface area contributed by atoms with E-state index < -0.39 is 5.97 Å².